The number of nitriles is 1. The summed E-state index contributed by atoms with van der Waals surface area (Å²) >= 11 is 6.07. The van der Waals surface area contributed by atoms with Gasteiger partial charge in [0.15, 0.2) is 0 Å². The van der Waals surface area contributed by atoms with Gasteiger partial charge in [-0.25, -0.2) is 4.98 Å². The van der Waals surface area contributed by atoms with Crippen molar-refractivity contribution in [1.82, 2.24) is 4.98 Å². The zero-order valence-electron chi connectivity index (χ0n) is 11.0. The van der Waals surface area contributed by atoms with Crippen molar-refractivity contribution >= 4 is 17.4 Å². The smallest absolute Gasteiger partial charge is 0.146 e. The van der Waals surface area contributed by atoms with E-state index in [-0.39, 0.29) is 0 Å². The number of hydrogen-bond acceptors (Lipinski definition) is 4. The van der Waals surface area contributed by atoms with Crippen molar-refractivity contribution in [3.63, 3.8) is 0 Å². The van der Waals surface area contributed by atoms with Crippen LogP contribution in [-0.2, 0) is 0 Å². The van der Waals surface area contributed by atoms with Crippen LogP contribution in [0.15, 0.2) is 12.3 Å². The summed E-state index contributed by atoms with van der Waals surface area (Å²) in [6.45, 7) is 2.57. The minimum Gasteiger partial charge on any atom is -0.388 e. The van der Waals surface area contributed by atoms with Crippen molar-refractivity contribution in [2.75, 3.05) is 11.9 Å². The summed E-state index contributed by atoms with van der Waals surface area (Å²) in [5, 5.41) is 22.8. The van der Waals surface area contributed by atoms with Crippen molar-refractivity contribution < 1.29 is 5.11 Å². The topological polar surface area (TPSA) is 68.9 Å². The molecular weight excluding hydrogens is 262 g/mol. The molecule has 0 saturated heterocycles. The molecular formula is C14H18ClN3O. The van der Waals surface area contributed by atoms with E-state index in [4.69, 9.17) is 16.9 Å². The highest BCUT2D eigenvalue weighted by atomic mass is 35.5. The van der Waals surface area contributed by atoms with Gasteiger partial charge in [0.05, 0.1) is 11.2 Å². The number of hydrogen-bond donors (Lipinski definition) is 2. The van der Waals surface area contributed by atoms with Crippen molar-refractivity contribution in [3.05, 3.63) is 22.8 Å². The molecule has 1 aromatic heterocycles. The quantitative estimate of drug-likeness (QED) is 0.892. The third kappa shape index (κ3) is 3.37. The Morgan fingerprint density at radius 3 is 3.16 bits per heavy atom. The fourth-order valence-corrected chi connectivity index (χ4v) is 2.92. The zero-order chi connectivity index (χ0) is 13.9. The highest BCUT2D eigenvalue weighted by molar-refractivity contribution is 6.34. The maximum atomic E-state index is 10.5. The number of anilines is 1. The zero-order valence-corrected chi connectivity index (χ0v) is 11.7. The van der Waals surface area contributed by atoms with Crippen LogP contribution in [0.25, 0.3) is 0 Å². The number of pyridine rings is 1. The van der Waals surface area contributed by atoms with E-state index >= 15 is 0 Å². The summed E-state index contributed by atoms with van der Waals surface area (Å²) in [4.78, 5) is 4.12. The molecule has 0 aromatic carbocycles. The SMILES string of the molecule is CC1CCCC(O)(CNc2nccc(C#N)c2Cl)C1. The highest BCUT2D eigenvalue weighted by Crippen LogP contribution is 2.33. The predicted octanol–water partition coefficient (Wildman–Crippen LogP) is 2.96. The Morgan fingerprint density at radius 2 is 2.47 bits per heavy atom. The summed E-state index contributed by atoms with van der Waals surface area (Å²) in [6.07, 6.45) is 5.33. The van der Waals surface area contributed by atoms with E-state index in [1.54, 1.807) is 12.3 Å². The Morgan fingerprint density at radius 1 is 1.68 bits per heavy atom. The maximum Gasteiger partial charge on any atom is 0.146 e. The Kier molecular flexibility index (Phi) is 4.28. The van der Waals surface area contributed by atoms with Crippen LogP contribution in [0.5, 0.6) is 0 Å². The van der Waals surface area contributed by atoms with Crippen molar-refractivity contribution in [2.45, 2.75) is 38.2 Å². The Balaban J connectivity index is 2.05. The first kappa shape index (κ1) is 14.1. The number of aromatic nitrogens is 1. The summed E-state index contributed by atoms with van der Waals surface area (Å²) in [5.74, 6) is 1.00. The molecule has 1 fully saturated rings. The lowest BCUT2D eigenvalue weighted by atomic mass is 9.79. The normalized spacial score (nSPS) is 26.7. The van der Waals surface area contributed by atoms with Crippen LogP contribution in [-0.4, -0.2) is 22.2 Å². The molecule has 1 aromatic rings. The van der Waals surface area contributed by atoms with Gasteiger partial charge in [0.2, 0.25) is 0 Å². The molecule has 0 spiro atoms. The first-order valence-corrected chi connectivity index (χ1v) is 6.93. The Bertz CT molecular complexity index is 500. The lowest BCUT2D eigenvalue weighted by molar-refractivity contribution is -0.000823. The number of aliphatic hydroxyl groups is 1. The molecule has 0 aliphatic heterocycles. The summed E-state index contributed by atoms with van der Waals surface area (Å²) in [7, 11) is 0. The number of halogens is 1. The molecule has 0 amide bonds. The van der Waals surface area contributed by atoms with Gasteiger partial charge in [-0.3, -0.25) is 0 Å². The third-order valence-electron chi connectivity index (χ3n) is 3.66. The van der Waals surface area contributed by atoms with Gasteiger partial charge >= 0.3 is 0 Å². The molecule has 1 saturated carbocycles. The van der Waals surface area contributed by atoms with Gasteiger partial charge in [-0.2, -0.15) is 5.26 Å². The average molecular weight is 280 g/mol. The van der Waals surface area contributed by atoms with E-state index in [1.165, 1.54) is 6.42 Å². The fraction of sp³-hybridized carbons (Fsp3) is 0.571. The Hall–Kier alpha value is -1.31. The second-order valence-corrected chi connectivity index (χ2v) is 5.79. The van der Waals surface area contributed by atoms with Gasteiger partial charge in [0, 0.05) is 12.7 Å². The highest BCUT2D eigenvalue weighted by Gasteiger charge is 2.32. The summed E-state index contributed by atoms with van der Waals surface area (Å²) in [5.41, 5.74) is -0.311. The molecule has 1 aliphatic carbocycles. The van der Waals surface area contributed by atoms with Crippen molar-refractivity contribution in [2.24, 2.45) is 5.92 Å². The molecule has 1 aliphatic rings. The molecule has 2 atom stereocenters. The Labute approximate surface area is 118 Å². The van der Waals surface area contributed by atoms with E-state index < -0.39 is 5.60 Å². The molecule has 0 bridgehead atoms. The number of nitrogens with one attached hydrogen (secondary N) is 1. The molecule has 5 heteroatoms. The predicted molar refractivity (Wildman–Crippen MR) is 75.0 cm³/mol. The molecule has 1 heterocycles. The lowest BCUT2D eigenvalue weighted by Crippen LogP contribution is -2.41. The molecule has 102 valence electrons. The number of nitrogens with zero attached hydrogens (tertiary/aromatic N) is 2. The van der Waals surface area contributed by atoms with E-state index in [0.29, 0.717) is 28.9 Å². The second-order valence-electron chi connectivity index (χ2n) is 5.41. The van der Waals surface area contributed by atoms with Crippen LogP contribution < -0.4 is 5.32 Å². The molecule has 2 unspecified atom stereocenters. The summed E-state index contributed by atoms with van der Waals surface area (Å²) in [6, 6.07) is 3.59. The first-order chi connectivity index (χ1) is 9.04. The largest absolute Gasteiger partial charge is 0.388 e. The molecule has 19 heavy (non-hydrogen) atoms. The molecule has 0 radical (unpaired) electrons. The van der Waals surface area contributed by atoms with Gasteiger partial charge in [-0.05, 0) is 24.8 Å². The first-order valence-electron chi connectivity index (χ1n) is 6.55. The maximum absolute atomic E-state index is 10.5. The van der Waals surface area contributed by atoms with E-state index in [2.05, 4.69) is 17.2 Å². The fourth-order valence-electron chi connectivity index (χ4n) is 2.69. The van der Waals surface area contributed by atoms with Gasteiger partial charge in [-0.1, -0.05) is 31.4 Å². The minimum absolute atomic E-state index is 0.317. The average Bonchev–Trinajstić information content (AvgIpc) is 2.37. The van der Waals surface area contributed by atoms with Crippen LogP contribution in [0.1, 0.15) is 38.2 Å². The standard InChI is InChI=1S/C14H18ClN3O/c1-10-3-2-5-14(19,7-10)9-18-13-12(15)11(8-16)4-6-17-13/h4,6,10,19H,2-3,5,7,9H2,1H3,(H,17,18). The minimum atomic E-state index is -0.703. The van der Waals surface area contributed by atoms with Gasteiger partial charge < -0.3 is 10.4 Å². The lowest BCUT2D eigenvalue weighted by Gasteiger charge is -2.35. The molecule has 2 rings (SSSR count). The van der Waals surface area contributed by atoms with E-state index in [1.807, 2.05) is 6.07 Å². The van der Waals surface area contributed by atoms with Gasteiger partial charge in [0.25, 0.3) is 0 Å². The van der Waals surface area contributed by atoms with Crippen molar-refractivity contribution in [1.29, 1.82) is 5.26 Å². The van der Waals surface area contributed by atoms with Gasteiger partial charge in [0.1, 0.15) is 16.9 Å². The molecule has 2 N–H and O–H groups in total. The third-order valence-corrected chi connectivity index (χ3v) is 4.04. The van der Waals surface area contributed by atoms with Crippen LogP contribution in [0.2, 0.25) is 5.02 Å². The van der Waals surface area contributed by atoms with Crippen LogP contribution >= 0.6 is 11.6 Å². The monoisotopic (exact) mass is 279 g/mol. The van der Waals surface area contributed by atoms with Gasteiger partial charge in [-0.15, -0.1) is 0 Å². The van der Waals surface area contributed by atoms with Crippen LogP contribution in [0, 0.1) is 17.2 Å². The van der Waals surface area contributed by atoms with E-state index in [9.17, 15) is 5.11 Å². The van der Waals surface area contributed by atoms with Crippen LogP contribution in [0.4, 0.5) is 5.82 Å². The van der Waals surface area contributed by atoms with E-state index in [0.717, 1.165) is 19.3 Å². The van der Waals surface area contributed by atoms with Crippen molar-refractivity contribution in [3.8, 4) is 6.07 Å². The molecule has 4 nitrogen and oxygen atoms in total. The summed E-state index contributed by atoms with van der Waals surface area (Å²) < 4.78 is 0. The van der Waals surface area contributed by atoms with Crippen LogP contribution in [0.3, 0.4) is 0 Å². The number of rotatable bonds is 3. The second kappa shape index (κ2) is 5.77.